The molecule has 1 aromatic carbocycles. The largest absolute Gasteiger partial charge is 0.478 e. The van der Waals surface area contributed by atoms with Gasteiger partial charge in [-0.3, -0.25) is 5.43 Å². The lowest BCUT2D eigenvalue weighted by Gasteiger charge is -2.37. The molecule has 0 fully saturated rings. The molecule has 0 bridgehead atoms. The molecule has 0 aliphatic carbocycles. The van der Waals surface area contributed by atoms with Gasteiger partial charge < -0.3 is 5.11 Å². The molecule has 0 unspecified atom stereocenters. The van der Waals surface area contributed by atoms with Crippen LogP contribution >= 0.6 is 0 Å². The zero-order valence-corrected chi connectivity index (χ0v) is 13.1. The number of carboxylic acids is 1. The molecule has 22 heavy (non-hydrogen) atoms. The first-order valence-corrected chi connectivity index (χ1v) is 7.12. The molecule has 1 heterocycles. The van der Waals surface area contributed by atoms with E-state index in [-0.39, 0.29) is 23.7 Å². The first kappa shape index (κ1) is 15.8. The van der Waals surface area contributed by atoms with Crippen LogP contribution in [0.1, 0.15) is 43.6 Å². The van der Waals surface area contributed by atoms with Crippen molar-refractivity contribution in [3.8, 4) is 0 Å². The fourth-order valence-electron chi connectivity index (χ4n) is 2.02. The molecule has 0 spiro atoms. The number of amides is 2. The maximum absolute atomic E-state index is 12.3. The molecule has 7 heteroatoms. The molecule has 2 amide bonds. The van der Waals surface area contributed by atoms with Crippen molar-refractivity contribution in [1.29, 1.82) is 0 Å². The Morgan fingerprint density at radius 2 is 1.73 bits per heavy atom. The Hall–Kier alpha value is -2.57. The summed E-state index contributed by atoms with van der Waals surface area (Å²) in [6.07, 6.45) is 0. The minimum atomic E-state index is -0.979. The van der Waals surface area contributed by atoms with Crippen LogP contribution in [0.25, 0.3) is 0 Å². The average Bonchev–Trinajstić information content (AvgIpc) is 2.47. The number of hydrogen-bond donors (Lipinski definition) is 2. The third-order valence-electron chi connectivity index (χ3n) is 3.25. The van der Waals surface area contributed by atoms with Crippen LogP contribution < -0.4 is 5.43 Å². The maximum Gasteiger partial charge on any atom is 0.359 e. The van der Waals surface area contributed by atoms with Crippen molar-refractivity contribution in [2.45, 2.75) is 39.8 Å². The molecule has 118 valence electrons. The van der Waals surface area contributed by atoms with Crippen LogP contribution in [-0.4, -0.2) is 45.0 Å². The SMILES string of the molecule is CC(C)N1N=C(c2ccc(C(=O)O)cc2)NN(C(C)C)C1=O. The van der Waals surface area contributed by atoms with E-state index in [4.69, 9.17) is 5.11 Å². The van der Waals surface area contributed by atoms with Crippen LogP contribution in [-0.2, 0) is 0 Å². The van der Waals surface area contributed by atoms with E-state index in [0.717, 1.165) is 0 Å². The van der Waals surface area contributed by atoms with Gasteiger partial charge in [0.25, 0.3) is 0 Å². The standard InChI is InChI=1S/C15H20N4O3/c1-9(2)18-15(22)19(10(3)4)17-13(16-18)11-5-7-12(8-6-11)14(20)21/h5-10H,1-4H3,(H,16,17)(H,20,21). The minimum absolute atomic E-state index is 0.0439. The summed E-state index contributed by atoms with van der Waals surface area (Å²) in [6, 6.07) is 6.03. The lowest BCUT2D eigenvalue weighted by atomic mass is 10.1. The molecule has 0 atom stereocenters. The second-order valence-electron chi connectivity index (χ2n) is 5.63. The third-order valence-corrected chi connectivity index (χ3v) is 3.25. The molecule has 0 saturated heterocycles. The lowest BCUT2D eigenvalue weighted by molar-refractivity contribution is 0.0697. The quantitative estimate of drug-likeness (QED) is 0.892. The molecule has 1 aliphatic rings. The highest BCUT2D eigenvalue weighted by atomic mass is 16.4. The fraction of sp³-hybridized carbons (Fsp3) is 0.400. The molecule has 7 nitrogen and oxygen atoms in total. The molecule has 1 aromatic rings. The molecule has 0 aromatic heterocycles. The van der Waals surface area contributed by atoms with Gasteiger partial charge in [0.2, 0.25) is 0 Å². The van der Waals surface area contributed by atoms with E-state index in [1.165, 1.54) is 22.2 Å². The van der Waals surface area contributed by atoms with Gasteiger partial charge in [-0.2, -0.15) is 0 Å². The van der Waals surface area contributed by atoms with Gasteiger partial charge in [0.15, 0.2) is 5.84 Å². The molecular formula is C15H20N4O3. The van der Waals surface area contributed by atoms with Gasteiger partial charge in [-0.25, -0.2) is 19.6 Å². The number of hydrazone groups is 1. The Morgan fingerprint density at radius 3 is 2.18 bits per heavy atom. The van der Waals surface area contributed by atoms with Gasteiger partial charge in [0, 0.05) is 11.6 Å². The number of hydrazine groups is 1. The number of nitrogens with zero attached hydrogens (tertiary/aromatic N) is 3. The van der Waals surface area contributed by atoms with Crippen LogP contribution in [0, 0.1) is 0 Å². The minimum Gasteiger partial charge on any atom is -0.478 e. The number of nitrogens with one attached hydrogen (secondary N) is 1. The number of carbonyl (C=O) groups is 2. The van der Waals surface area contributed by atoms with E-state index in [2.05, 4.69) is 10.5 Å². The molecule has 1 aliphatic heterocycles. The van der Waals surface area contributed by atoms with Crippen LogP contribution in [0.2, 0.25) is 0 Å². The summed E-state index contributed by atoms with van der Waals surface area (Å²) in [4.78, 5) is 23.2. The normalized spacial score (nSPS) is 15.2. The van der Waals surface area contributed by atoms with E-state index < -0.39 is 5.97 Å². The Bertz CT molecular complexity index is 608. The summed E-state index contributed by atoms with van der Waals surface area (Å²) < 4.78 is 0. The zero-order valence-electron chi connectivity index (χ0n) is 13.1. The van der Waals surface area contributed by atoms with Gasteiger partial charge in [0.1, 0.15) is 0 Å². The summed E-state index contributed by atoms with van der Waals surface area (Å²) in [6.45, 7) is 7.58. The summed E-state index contributed by atoms with van der Waals surface area (Å²) in [5, 5.41) is 16.2. The molecule has 0 saturated carbocycles. The van der Waals surface area contributed by atoms with E-state index in [1.54, 1.807) is 12.1 Å². The van der Waals surface area contributed by atoms with Crippen molar-refractivity contribution in [3.05, 3.63) is 35.4 Å². The highest BCUT2D eigenvalue weighted by Gasteiger charge is 2.31. The van der Waals surface area contributed by atoms with E-state index >= 15 is 0 Å². The first-order valence-electron chi connectivity index (χ1n) is 7.12. The highest BCUT2D eigenvalue weighted by molar-refractivity contribution is 6.02. The van der Waals surface area contributed by atoms with E-state index in [1.807, 2.05) is 27.7 Å². The highest BCUT2D eigenvalue weighted by Crippen LogP contribution is 2.15. The molecule has 0 radical (unpaired) electrons. The number of aromatic carboxylic acids is 1. The Labute approximate surface area is 129 Å². The van der Waals surface area contributed by atoms with E-state index in [9.17, 15) is 9.59 Å². The number of carboxylic acid groups (broad SMARTS) is 1. The predicted molar refractivity (Wildman–Crippen MR) is 82.4 cm³/mol. The summed E-state index contributed by atoms with van der Waals surface area (Å²) in [7, 11) is 0. The summed E-state index contributed by atoms with van der Waals surface area (Å²) >= 11 is 0. The van der Waals surface area contributed by atoms with Gasteiger partial charge in [-0.15, -0.1) is 5.10 Å². The van der Waals surface area contributed by atoms with Gasteiger partial charge >= 0.3 is 12.0 Å². The molecular weight excluding hydrogens is 284 g/mol. The number of benzene rings is 1. The van der Waals surface area contributed by atoms with Crippen molar-refractivity contribution < 1.29 is 14.7 Å². The van der Waals surface area contributed by atoms with Gasteiger partial charge in [-0.05, 0) is 39.8 Å². The number of hydrogen-bond acceptors (Lipinski definition) is 4. The first-order chi connectivity index (χ1) is 10.3. The van der Waals surface area contributed by atoms with Crippen LogP contribution in [0.4, 0.5) is 4.79 Å². The second kappa shape index (κ2) is 6.05. The van der Waals surface area contributed by atoms with Crippen molar-refractivity contribution >= 4 is 17.8 Å². The van der Waals surface area contributed by atoms with Crippen LogP contribution in [0.5, 0.6) is 0 Å². The number of rotatable bonds is 4. The van der Waals surface area contributed by atoms with Crippen molar-refractivity contribution in [2.75, 3.05) is 0 Å². The molecule has 2 N–H and O–H groups in total. The lowest BCUT2D eigenvalue weighted by Crippen LogP contribution is -2.59. The third kappa shape index (κ3) is 3.03. The predicted octanol–water partition coefficient (Wildman–Crippen LogP) is 2.11. The smallest absolute Gasteiger partial charge is 0.359 e. The summed E-state index contributed by atoms with van der Waals surface area (Å²) in [5.74, 6) is -0.466. The second-order valence-corrected chi connectivity index (χ2v) is 5.63. The monoisotopic (exact) mass is 304 g/mol. The van der Waals surface area contributed by atoms with Gasteiger partial charge in [-0.1, -0.05) is 12.1 Å². The van der Waals surface area contributed by atoms with E-state index in [0.29, 0.717) is 11.4 Å². The fourth-order valence-corrected chi connectivity index (χ4v) is 2.02. The zero-order chi connectivity index (χ0) is 16.4. The number of urea groups is 1. The Morgan fingerprint density at radius 1 is 1.14 bits per heavy atom. The van der Waals surface area contributed by atoms with Gasteiger partial charge in [0.05, 0.1) is 11.6 Å². The average molecular weight is 304 g/mol. The van der Waals surface area contributed by atoms with Crippen molar-refractivity contribution in [2.24, 2.45) is 5.10 Å². The number of amidine groups is 1. The number of carbonyl (C=O) groups excluding carboxylic acids is 1. The molecule has 2 rings (SSSR count). The van der Waals surface area contributed by atoms with Crippen molar-refractivity contribution in [1.82, 2.24) is 15.4 Å². The van der Waals surface area contributed by atoms with Crippen LogP contribution in [0.3, 0.4) is 0 Å². The van der Waals surface area contributed by atoms with Crippen LogP contribution in [0.15, 0.2) is 29.4 Å². The van der Waals surface area contributed by atoms with Crippen molar-refractivity contribution in [3.63, 3.8) is 0 Å². The Balaban J connectivity index is 2.37. The maximum atomic E-state index is 12.3. The topological polar surface area (TPSA) is 85.2 Å². The Kier molecular flexibility index (Phi) is 4.35. The summed E-state index contributed by atoms with van der Waals surface area (Å²) in [5.41, 5.74) is 3.92.